The molecular formula is C41H58N8O9S2. The molecule has 0 aliphatic carbocycles. The minimum atomic E-state index is -0.905. The van der Waals surface area contributed by atoms with Gasteiger partial charge in [0.05, 0.1) is 18.7 Å². The van der Waals surface area contributed by atoms with Crippen LogP contribution in [0, 0.1) is 11.8 Å². The summed E-state index contributed by atoms with van der Waals surface area (Å²) in [6.45, 7) is 17.5. The highest BCUT2D eigenvalue weighted by Gasteiger charge is 2.41. The van der Waals surface area contributed by atoms with E-state index in [1.165, 1.54) is 38.7 Å². The van der Waals surface area contributed by atoms with Gasteiger partial charge in [0.15, 0.2) is 11.4 Å². The molecule has 0 spiro atoms. The topological polar surface area (TPSA) is 206 Å². The van der Waals surface area contributed by atoms with Crippen LogP contribution in [0.4, 0.5) is 4.79 Å². The van der Waals surface area contributed by atoms with Crippen LogP contribution in [0.15, 0.2) is 21.4 Å². The zero-order chi connectivity index (χ0) is 44.1. The molecule has 2 aliphatic rings. The Morgan fingerprint density at radius 3 is 2.30 bits per heavy atom. The second kappa shape index (κ2) is 19.6. The number of amides is 5. The smallest absolute Gasteiger partial charge is 0.410 e. The van der Waals surface area contributed by atoms with E-state index in [4.69, 9.17) is 18.9 Å². The van der Waals surface area contributed by atoms with Crippen LogP contribution in [0.2, 0.25) is 0 Å². The molecule has 0 aromatic carbocycles. The second-order valence-corrected chi connectivity index (χ2v) is 18.7. The molecule has 2 N–H and O–H groups in total. The molecule has 3 aromatic rings. The lowest BCUT2D eigenvalue weighted by atomic mass is 10.0. The Kier molecular flexibility index (Phi) is 15.1. The van der Waals surface area contributed by atoms with Crippen LogP contribution >= 0.6 is 22.7 Å². The van der Waals surface area contributed by atoms with Crippen LogP contribution < -0.4 is 10.6 Å². The van der Waals surface area contributed by atoms with E-state index in [-0.39, 0.29) is 47.7 Å². The Bertz CT molecular complexity index is 2020. The van der Waals surface area contributed by atoms with Crippen molar-refractivity contribution in [1.29, 1.82) is 0 Å². The average molecular weight is 871 g/mol. The van der Waals surface area contributed by atoms with E-state index in [2.05, 4.69) is 20.6 Å². The summed E-state index contributed by atoms with van der Waals surface area (Å²) in [6.07, 6.45) is 3.60. The highest BCUT2D eigenvalue weighted by molar-refractivity contribution is 7.10. The monoisotopic (exact) mass is 870 g/mol. The van der Waals surface area contributed by atoms with Crippen molar-refractivity contribution in [2.45, 2.75) is 130 Å². The maximum absolute atomic E-state index is 14.1. The fourth-order valence-electron chi connectivity index (χ4n) is 7.20. The normalized spacial score (nSPS) is 18.3. The van der Waals surface area contributed by atoms with Gasteiger partial charge in [-0.2, -0.15) is 0 Å². The number of thiazole rings is 2. The van der Waals surface area contributed by atoms with E-state index in [1.54, 1.807) is 57.3 Å². The number of hydrogen-bond acceptors (Lipinski definition) is 14. The summed E-state index contributed by atoms with van der Waals surface area (Å²) in [5, 5.41) is 10.3. The molecular weight excluding hydrogens is 813 g/mol. The summed E-state index contributed by atoms with van der Waals surface area (Å²) in [5.41, 5.74) is -0.130. The number of hydrogen-bond donors (Lipinski definition) is 2. The molecule has 0 unspecified atom stereocenters. The van der Waals surface area contributed by atoms with Crippen molar-refractivity contribution in [3.8, 4) is 11.6 Å². The van der Waals surface area contributed by atoms with Crippen LogP contribution in [0.5, 0.6) is 0 Å². The van der Waals surface area contributed by atoms with Gasteiger partial charge in [-0.3, -0.25) is 24.1 Å². The first-order valence-corrected chi connectivity index (χ1v) is 22.3. The first-order valence-electron chi connectivity index (χ1n) is 20.5. The molecule has 2 aliphatic heterocycles. The number of likely N-dealkylation sites (N-methyl/N-ethyl adjacent to an activating group) is 1. The van der Waals surface area contributed by atoms with Crippen molar-refractivity contribution in [3.05, 3.63) is 38.4 Å². The molecule has 0 saturated carbocycles. The van der Waals surface area contributed by atoms with Crippen molar-refractivity contribution < 1.29 is 42.7 Å². The fraction of sp³-hybridized carbons (Fsp3) is 0.634. The van der Waals surface area contributed by atoms with Gasteiger partial charge in [0.1, 0.15) is 45.7 Å². The Labute approximate surface area is 359 Å². The maximum Gasteiger partial charge on any atom is 0.410 e. The molecule has 3 aromatic heterocycles. The molecule has 2 saturated heterocycles. The highest BCUT2D eigenvalue weighted by atomic mass is 32.1. The average Bonchev–Trinajstić information content (AvgIpc) is 4.02. The third-order valence-electron chi connectivity index (χ3n) is 10.2. The van der Waals surface area contributed by atoms with Gasteiger partial charge in [-0.1, -0.05) is 27.7 Å². The second-order valence-electron chi connectivity index (χ2n) is 16.9. The lowest BCUT2D eigenvalue weighted by Crippen LogP contribution is -2.55. The van der Waals surface area contributed by atoms with Crippen molar-refractivity contribution in [3.63, 3.8) is 0 Å². The van der Waals surface area contributed by atoms with Crippen molar-refractivity contribution in [2.75, 3.05) is 26.7 Å². The summed E-state index contributed by atoms with van der Waals surface area (Å²) >= 11 is 2.58. The van der Waals surface area contributed by atoms with E-state index < -0.39 is 59.6 Å². The molecule has 5 amide bonds. The number of carbonyl (C=O) groups is 6. The van der Waals surface area contributed by atoms with E-state index in [0.29, 0.717) is 54.5 Å². The van der Waals surface area contributed by atoms with Gasteiger partial charge >= 0.3 is 12.1 Å². The lowest BCUT2D eigenvalue weighted by molar-refractivity contribution is -0.138. The Morgan fingerprint density at radius 1 is 0.933 bits per heavy atom. The van der Waals surface area contributed by atoms with E-state index in [9.17, 15) is 28.8 Å². The summed E-state index contributed by atoms with van der Waals surface area (Å²) in [6, 6.07) is -3.30. The predicted molar refractivity (Wildman–Crippen MR) is 224 cm³/mol. The minimum Gasteiger partial charge on any atom is -0.461 e. The molecule has 60 heavy (non-hydrogen) atoms. The van der Waals surface area contributed by atoms with Gasteiger partial charge in [-0.15, -0.1) is 22.7 Å². The predicted octanol–water partition coefficient (Wildman–Crippen LogP) is 6.00. The number of aromatic nitrogens is 3. The van der Waals surface area contributed by atoms with E-state index >= 15 is 0 Å². The summed E-state index contributed by atoms with van der Waals surface area (Å²) in [4.78, 5) is 98.4. The third kappa shape index (κ3) is 11.1. The van der Waals surface area contributed by atoms with E-state index in [0.717, 1.165) is 6.42 Å². The zero-order valence-corrected chi connectivity index (χ0v) is 37.7. The molecule has 5 atom stereocenters. The largest absolute Gasteiger partial charge is 0.461 e. The van der Waals surface area contributed by atoms with Gasteiger partial charge in [0.2, 0.25) is 23.6 Å². The number of nitrogens with one attached hydrogen (secondary N) is 2. The molecule has 17 nitrogen and oxygen atoms in total. The first kappa shape index (κ1) is 46.2. The quantitative estimate of drug-likeness (QED) is 0.169. The Morgan fingerprint density at radius 2 is 1.63 bits per heavy atom. The van der Waals surface area contributed by atoms with Gasteiger partial charge in [0, 0.05) is 30.9 Å². The van der Waals surface area contributed by atoms with Gasteiger partial charge < -0.3 is 34.3 Å². The molecule has 2 fully saturated rings. The number of rotatable bonds is 15. The number of oxazole rings is 1. The highest BCUT2D eigenvalue weighted by Crippen LogP contribution is 2.37. The number of esters is 1. The third-order valence-corrected chi connectivity index (χ3v) is 12.2. The standard InChI is InChI=1S/C41H58N8O9S2/c1-11-56-39(54)27-21-59-35(45-27)24(6)42-33(51)31(23(4)5)46-32(50)28-14-12-16-48(28)37(52)25-19-57-34(43-25)26-20-60-36(44-26)29-15-13-17-49(29)38(53)30(18-22(2)3)47(10)40(55)58-41(7,8)9/h19-24,28-31H,11-18H2,1-10H3,(H,42,51)(H,46,50)/t24-,28-,29-,30-,31-/m0/s1. The van der Waals surface area contributed by atoms with Crippen LogP contribution in [0.25, 0.3) is 11.6 Å². The maximum atomic E-state index is 14.1. The van der Waals surface area contributed by atoms with Crippen LogP contribution in [0.1, 0.15) is 137 Å². The van der Waals surface area contributed by atoms with Crippen molar-refractivity contribution in [1.82, 2.24) is 40.3 Å². The summed E-state index contributed by atoms with van der Waals surface area (Å²) < 4.78 is 16.3. The Hall–Kier alpha value is -4.91. The van der Waals surface area contributed by atoms with Gasteiger partial charge in [-0.05, 0) is 78.6 Å². The number of nitrogens with zero attached hydrogens (tertiary/aromatic N) is 6. The Balaban J connectivity index is 1.23. The lowest BCUT2D eigenvalue weighted by Gasteiger charge is -2.34. The molecule has 5 rings (SSSR count). The zero-order valence-electron chi connectivity index (χ0n) is 36.1. The van der Waals surface area contributed by atoms with Gasteiger partial charge in [0.25, 0.3) is 5.91 Å². The number of carbonyl (C=O) groups excluding carboxylic acids is 6. The SMILES string of the molecule is CCOC(=O)c1csc([C@H](C)NC(=O)[C@@H](NC(=O)[C@@H]2CCCN2C(=O)c2coc(-c3csc([C@@H]4CCCN4C(=O)[C@H](CC(C)C)N(C)C(=O)OC(C)(C)C)n3)n2)C(C)C)n1. The van der Waals surface area contributed by atoms with E-state index in [1.807, 2.05) is 27.7 Å². The molecule has 0 radical (unpaired) electrons. The summed E-state index contributed by atoms with van der Waals surface area (Å²) in [5.74, 6) is -2.10. The summed E-state index contributed by atoms with van der Waals surface area (Å²) in [7, 11) is 1.60. The van der Waals surface area contributed by atoms with Crippen molar-refractivity contribution in [2.24, 2.45) is 11.8 Å². The first-order chi connectivity index (χ1) is 28.3. The number of likely N-dealkylation sites (tertiary alicyclic amines) is 2. The van der Waals surface area contributed by atoms with Crippen molar-refractivity contribution >= 4 is 58.4 Å². The molecule has 0 bridgehead atoms. The molecule has 19 heteroatoms. The number of ether oxygens (including phenoxy) is 2. The van der Waals surface area contributed by atoms with Gasteiger partial charge in [-0.25, -0.2) is 24.5 Å². The molecule has 328 valence electrons. The fourth-order valence-corrected chi connectivity index (χ4v) is 8.94. The minimum absolute atomic E-state index is 0.0104. The van der Waals surface area contributed by atoms with Crippen LogP contribution in [-0.4, -0.2) is 116 Å². The van der Waals surface area contributed by atoms with Crippen LogP contribution in [0.3, 0.4) is 0 Å². The van der Waals surface area contributed by atoms with Crippen LogP contribution in [-0.2, 0) is 23.9 Å². The molecule has 5 heterocycles.